The van der Waals surface area contributed by atoms with Crippen LogP contribution in [0.15, 0.2) is 66.0 Å². The maximum absolute atomic E-state index is 10.1. The van der Waals surface area contributed by atoms with Gasteiger partial charge in [0.15, 0.2) is 0 Å². The fraction of sp³-hybridized carbons (Fsp3) is 0.333. The van der Waals surface area contributed by atoms with Crippen LogP contribution < -0.4 is 0 Å². The summed E-state index contributed by atoms with van der Waals surface area (Å²) in [5.41, 5.74) is 0.336. The summed E-state index contributed by atoms with van der Waals surface area (Å²) in [4.78, 5) is 0. The van der Waals surface area contributed by atoms with E-state index in [1.807, 2.05) is 44.2 Å². The highest BCUT2D eigenvalue weighted by Gasteiger charge is 2.49. The first-order valence-corrected chi connectivity index (χ1v) is 8.19. The molecule has 4 nitrogen and oxygen atoms in total. The van der Waals surface area contributed by atoms with Crippen molar-refractivity contribution in [1.29, 1.82) is 0 Å². The predicted octanol–water partition coefficient (Wildman–Crippen LogP) is 4.54. The molecule has 1 aliphatic rings. The number of aliphatic hydroxyl groups excluding tert-OH is 1. The Hall–Kier alpha value is -2.30. The topological polar surface area (TPSA) is 58.9 Å². The normalized spacial score (nSPS) is 25.8. The van der Waals surface area contributed by atoms with Crippen molar-refractivity contribution >= 4 is 6.08 Å². The number of aliphatic hydroxyl groups is 1. The van der Waals surface area contributed by atoms with E-state index < -0.39 is 11.2 Å². The average molecular weight is 342 g/mol. The molecule has 2 rings (SSSR count). The van der Waals surface area contributed by atoms with Gasteiger partial charge in [0.05, 0.1) is 0 Å². The summed E-state index contributed by atoms with van der Waals surface area (Å²) in [6.45, 7) is 4.06. The Bertz CT molecular complexity index is 708. The highest BCUT2D eigenvalue weighted by Crippen LogP contribution is 2.41. The molecule has 25 heavy (non-hydrogen) atoms. The maximum Gasteiger partial charge on any atom is 0.141 e. The van der Waals surface area contributed by atoms with E-state index in [0.717, 1.165) is 5.56 Å². The van der Waals surface area contributed by atoms with Crippen LogP contribution in [0.5, 0.6) is 5.75 Å². The van der Waals surface area contributed by atoms with Gasteiger partial charge in [0.25, 0.3) is 0 Å². The van der Waals surface area contributed by atoms with Gasteiger partial charge in [-0.1, -0.05) is 29.9 Å². The zero-order valence-corrected chi connectivity index (χ0v) is 15.2. The second-order valence-electron chi connectivity index (χ2n) is 6.40. The van der Waals surface area contributed by atoms with Gasteiger partial charge < -0.3 is 19.7 Å². The largest absolute Gasteiger partial charge is 0.508 e. The fourth-order valence-electron chi connectivity index (χ4n) is 2.93. The van der Waals surface area contributed by atoms with Crippen LogP contribution >= 0.6 is 0 Å². The highest BCUT2D eigenvalue weighted by atomic mass is 16.5. The zero-order valence-electron chi connectivity index (χ0n) is 15.2. The number of benzene rings is 1. The highest BCUT2D eigenvalue weighted by molar-refractivity contribution is 5.55. The minimum atomic E-state index is -0.968. The molecule has 0 saturated carbocycles. The van der Waals surface area contributed by atoms with Gasteiger partial charge in [-0.05, 0) is 55.8 Å². The van der Waals surface area contributed by atoms with Crippen LogP contribution in [0.1, 0.15) is 25.8 Å². The molecule has 1 aromatic rings. The average Bonchev–Trinajstić information content (AvgIpc) is 2.60. The first-order valence-electron chi connectivity index (χ1n) is 8.19. The van der Waals surface area contributed by atoms with E-state index in [0.29, 0.717) is 6.42 Å². The third-order valence-corrected chi connectivity index (χ3v) is 4.48. The van der Waals surface area contributed by atoms with Crippen molar-refractivity contribution in [2.45, 2.75) is 31.5 Å². The Balaban J connectivity index is 2.48. The fourth-order valence-corrected chi connectivity index (χ4v) is 2.93. The quantitative estimate of drug-likeness (QED) is 0.745. The van der Waals surface area contributed by atoms with Gasteiger partial charge in [0.1, 0.15) is 22.7 Å². The number of rotatable bonds is 6. The molecule has 0 saturated heterocycles. The number of hydrogen-bond acceptors (Lipinski definition) is 4. The summed E-state index contributed by atoms with van der Waals surface area (Å²) < 4.78 is 11.7. The van der Waals surface area contributed by atoms with Crippen LogP contribution in [-0.2, 0) is 9.47 Å². The van der Waals surface area contributed by atoms with Crippen molar-refractivity contribution in [1.82, 2.24) is 0 Å². The van der Waals surface area contributed by atoms with Gasteiger partial charge in [-0.3, -0.25) is 0 Å². The Morgan fingerprint density at radius 1 is 1.08 bits per heavy atom. The van der Waals surface area contributed by atoms with Crippen molar-refractivity contribution in [3.63, 3.8) is 0 Å². The molecular formula is C21H26O4. The molecule has 2 unspecified atom stereocenters. The Morgan fingerprint density at radius 2 is 1.76 bits per heavy atom. The second kappa shape index (κ2) is 7.72. The number of allylic oxidation sites excluding steroid dienone is 2. The van der Waals surface area contributed by atoms with E-state index in [1.54, 1.807) is 38.5 Å². The lowest BCUT2D eigenvalue weighted by Crippen LogP contribution is -2.54. The molecular weight excluding hydrogens is 316 g/mol. The predicted molar refractivity (Wildman–Crippen MR) is 101 cm³/mol. The van der Waals surface area contributed by atoms with Gasteiger partial charge in [0, 0.05) is 20.6 Å². The summed E-state index contributed by atoms with van der Waals surface area (Å²) >= 11 is 0. The number of phenolic OH excluding ortho intramolecular Hbond substituents is 1. The summed E-state index contributed by atoms with van der Waals surface area (Å²) in [7, 11) is 3.24. The molecule has 134 valence electrons. The molecule has 0 amide bonds. The molecule has 2 atom stereocenters. The Kier molecular flexibility index (Phi) is 5.88. The van der Waals surface area contributed by atoms with Crippen LogP contribution in [0, 0.1) is 0 Å². The van der Waals surface area contributed by atoms with E-state index in [9.17, 15) is 10.2 Å². The van der Waals surface area contributed by atoms with Crippen LogP contribution in [-0.4, -0.2) is 35.6 Å². The lowest BCUT2D eigenvalue weighted by molar-refractivity contribution is -0.108. The van der Waals surface area contributed by atoms with Gasteiger partial charge in [-0.15, -0.1) is 0 Å². The lowest BCUT2D eigenvalue weighted by Gasteiger charge is -2.45. The summed E-state index contributed by atoms with van der Waals surface area (Å²) in [5.74, 6) is 0.341. The molecule has 0 bridgehead atoms. The minimum Gasteiger partial charge on any atom is -0.508 e. The van der Waals surface area contributed by atoms with E-state index >= 15 is 0 Å². The van der Waals surface area contributed by atoms with Crippen molar-refractivity contribution in [3.05, 3.63) is 71.5 Å². The van der Waals surface area contributed by atoms with Gasteiger partial charge in [0.2, 0.25) is 0 Å². The van der Waals surface area contributed by atoms with Gasteiger partial charge in [-0.25, -0.2) is 0 Å². The van der Waals surface area contributed by atoms with Gasteiger partial charge in [-0.2, -0.15) is 0 Å². The first-order chi connectivity index (χ1) is 11.9. The van der Waals surface area contributed by atoms with Crippen LogP contribution in [0.3, 0.4) is 0 Å². The van der Waals surface area contributed by atoms with Gasteiger partial charge >= 0.3 is 0 Å². The van der Waals surface area contributed by atoms with E-state index in [-0.39, 0.29) is 11.5 Å². The Morgan fingerprint density at radius 3 is 2.32 bits per heavy atom. The molecule has 0 radical (unpaired) electrons. The smallest absolute Gasteiger partial charge is 0.141 e. The summed E-state index contributed by atoms with van der Waals surface area (Å²) in [6, 6.07) is 6.87. The molecule has 2 N–H and O–H groups in total. The van der Waals surface area contributed by atoms with Crippen molar-refractivity contribution in [2.24, 2.45) is 0 Å². The molecule has 0 fully saturated rings. The molecule has 1 aromatic carbocycles. The number of ether oxygens (including phenoxy) is 2. The van der Waals surface area contributed by atoms with Crippen LogP contribution in [0.25, 0.3) is 6.08 Å². The summed E-state index contributed by atoms with van der Waals surface area (Å²) in [5, 5.41) is 19.5. The summed E-state index contributed by atoms with van der Waals surface area (Å²) in [6.07, 6.45) is 11.6. The molecule has 0 aliphatic heterocycles. The van der Waals surface area contributed by atoms with Crippen molar-refractivity contribution in [3.8, 4) is 5.75 Å². The van der Waals surface area contributed by atoms with Crippen molar-refractivity contribution in [2.75, 3.05) is 14.2 Å². The van der Waals surface area contributed by atoms with Crippen molar-refractivity contribution < 1.29 is 19.7 Å². The number of phenols is 1. The van der Waals surface area contributed by atoms with Crippen LogP contribution in [0.4, 0.5) is 0 Å². The van der Waals surface area contributed by atoms with E-state index in [2.05, 4.69) is 6.08 Å². The van der Waals surface area contributed by atoms with E-state index in [1.165, 1.54) is 5.57 Å². The minimum absolute atomic E-state index is 0.127. The molecule has 0 aromatic heterocycles. The molecule has 0 spiro atoms. The third kappa shape index (κ3) is 4.03. The SMILES string of the molecule is COC1(C=Cc2ccc(O)cc2)C=C(O)C=CC1(CC=C(C)C)OC. The Labute approximate surface area is 149 Å². The standard InChI is InChI=1S/C21H26O4/c1-16(2)9-12-20(24-3)14-11-19(23)15-21(20,25-4)13-10-17-5-7-18(22)8-6-17/h5-11,13-15,22-23H,12H2,1-4H3. The first kappa shape index (κ1) is 19.0. The lowest BCUT2D eigenvalue weighted by atomic mass is 9.75. The molecule has 1 aliphatic carbocycles. The number of hydrogen-bond donors (Lipinski definition) is 2. The third-order valence-electron chi connectivity index (χ3n) is 4.48. The molecule has 4 heteroatoms. The number of methoxy groups -OCH3 is 2. The van der Waals surface area contributed by atoms with Crippen LogP contribution in [0.2, 0.25) is 0 Å². The van der Waals surface area contributed by atoms with E-state index in [4.69, 9.17) is 9.47 Å². The second-order valence-corrected chi connectivity index (χ2v) is 6.40. The molecule has 0 heterocycles. The maximum atomic E-state index is 10.1. The zero-order chi connectivity index (χ0) is 18.5. The number of aromatic hydroxyl groups is 1. The monoisotopic (exact) mass is 342 g/mol.